The molecule has 9 heteroatoms. The van der Waals surface area contributed by atoms with Gasteiger partial charge in [-0.05, 0) is 24.6 Å². The predicted molar refractivity (Wildman–Crippen MR) is 83.0 cm³/mol. The second kappa shape index (κ2) is 6.89. The summed E-state index contributed by atoms with van der Waals surface area (Å²) in [5.74, 6) is -2.00. The monoisotopic (exact) mass is 343 g/mol. The highest BCUT2D eigenvalue weighted by atomic mass is 35.5. The molecule has 0 aromatic heterocycles. The number of halogens is 2. The maximum atomic E-state index is 13.7. The molecular weight excluding hydrogens is 333 g/mol. The summed E-state index contributed by atoms with van der Waals surface area (Å²) >= 11 is 6.86. The van der Waals surface area contributed by atoms with Crippen LogP contribution in [0, 0.1) is 12.7 Å². The van der Waals surface area contributed by atoms with Gasteiger partial charge in [-0.15, -0.1) is 5.10 Å². The molecule has 1 amide bonds. The lowest BCUT2D eigenvalue weighted by molar-refractivity contribution is -0.138. The zero-order chi connectivity index (χ0) is 16.3. The Kier molecular flexibility index (Phi) is 5.15. The lowest BCUT2D eigenvalue weighted by atomic mass is 10.1. The van der Waals surface area contributed by atoms with Crippen molar-refractivity contribution in [2.24, 2.45) is 10.2 Å². The van der Waals surface area contributed by atoms with Gasteiger partial charge in [0, 0.05) is 10.6 Å². The summed E-state index contributed by atoms with van der Waals surface area (Å²) in [4.78, 5) is 22.1. The lowest BCUT2D eigenvalue weighted by Crippen LogP contribution is -2.26. The molecule has 0 aliphatic carbocycles. The number of hydrogen-bond donors (Lipinski definition) is 2. The first-order valence-corrected chi connectivity index (χ1v) is 7.38. The summed E-state index contributed by atoms with van der Waals surface area (Å²) in [6.07, 6.45) is 0.867. The number of carboxylic acids is 1. The topological polar surface area (TPSA) is 91.1 Å². The third kappa shape index (κ3) is 4.05. The molecule has 116 valence electrons. The standard InChI is InChI=1S/C13H11ClFN3O3S/c1-6-2-9(15)7(3-8(6)14)5-16-18-13-17-12(21)10(22-13)4-11(19)20/h2-3,5,10H,4H2,1H3,(H,19,20)(H,17,18,21). The quantitative estimate of drug-likeness (QED) is 0.647. The maximum absolute atomic E-state index is 13.7. The maximum Gasteiger partial charge on any atom is 0.305 e. The van der Waals surface area contributed by atoms with E-state index in [0.29, 0.717) is 10.6 Å². The van der Waals surface area contributed by atoms with Crippen LogP contribution in [0.4, 0.5) is 4.39 Å². The van der Waals surface area contributed by atoms with Gasteiger partial charge in [0.2, 0.25) is 5.91 Å². The minimum absolute atomic E-state index is 0.163. The number of amides is 1. The summed E-state index contributed by atoms with van der Waals surface area (Å²) < 4.78 is 13.7. The molecule has 6 nitrogen and oxygen atoms in total. The largest absolute Gasteiger partial charge is 0.481 e. The summed E-state index contributed by atoms with van der Waals surface area (Å²) in [5, 5.41) is 18.3. The Bertz CT molecular complexity index is 693. The molecule has 1 unspecified atom stereocenters. The first kappa shape index (κ1) is 16.4. The Labute approximate surface area is 134 Å². The Morgan fingerprint density at radius 3 is 3.00 bits per heavy atom. The first-order chi connectivity index (χ1) is 10.4. The van der Waals surface area contributed by atoms with Crippen molar-refractivity contribution >= 4 is 46.6 Å². The number of thioether (sulfide) groups is 1. The van der Waals surface area contributed by atoms with Gasteiger partial charge in [-0.1, -0.05) is 23.4 Å². The average molecular weight is 344 g/mol. The summed E-state index contributed by atoms with van der Waals surface area (Å²) in [7, 11) is 0. The van der Waals surface area contributed by atoms with Crippen LogP contribution in [-0.2, 0) is 9.59 Å². The Hall–Kier alpha value is -1.93. The first-order valence-electron chi connectivity index (χ1n) is 6.13. The molecule has 22 heavy (non-hydrogen) atoms. The SMILES string of the molecule is Cc1cc(F)c(C=NN=C2NC(=O)C(CC(=O)O)S2)cc1Cl. The van der Waals surface area contributed by atoms with Crippen molar-refractivity contribution in [3.8, 4) is 0 Å². The van der Waals surface area contributed by atoms with Crippen LogP contribution in [0.25, 0.3) is 0 Å². The van der Waals surface area contributed by atoms with Gasteiger partial charge in [0.1, 0.15) is 11.1 Å². The van der Waals surface area contributed by atoms with Crippen LogP contribution >= 0.6 is 23.4 Å². The number of nitrogens with zero attached hydrogens (tertiary/aromatic N) is 2. The Balaban J connectivity index is 2.08. The third-order valence-corrected chi connectivity index (χ3v) is 4.24. The van der Waals surface area contributed by atoms with E-state index in [1.54, 1.807) is 6.92 Å². The van der Waals surface area contributed by atoms with Gasteiger partial charge in [0.25, 0.3) is 0 Å². The molecule has 2 rings (SSSR count). The molecule has 1 aromatic rings. The van der Waals surface area contributed by atoms with Gasteiger partial charge in [-0.3, -0.25) is 9.59 Å². The van der Waals surface area contributed by atoms with Crippen molar-refractivity contribution in [3.63, 3.8) is 0 Å². The second-order valence-corrected chi connectivity index (χ2v) is 6.06. The van der Waals surface area contributed by atoms with E-state index in [0.717, 1.165) is 11.8 Å². The molecule has 1 aliphatic heterocycles. The van der Waals surface area contributed by atoms with Crippen molar-refractivity contribution in [1.29, 1.82) is 0 Å². The number of benzene rings is 1. The average Bonchev–Trinajstić information content (AvgIpc) is 2.75. The molecule has 0 spiro atoms. The fourth-order valence-electron chi connectivity index (χ4n) is 1.65. The number of carbonyl (C=O) groups is 2. The minimum Gasteiger partial charge on any atom is -0.481 e. The highest BCUT2D eigenvalue weighted by molar-refractivity contribution is 8.15. The van der Waals surface area contributed by atoms with Crippen molar-refractivity contribution in [1.82, 2.24) is 5.32 Å². The van der Waals surface area contributed by atoms with E-state index < -0.39 is 22.9 Å². The fraction of sp³-hybridized carbons (Fsp3) is 0.231. The van der Waals surface area contributed by atoms with E-state index in [9.17, 15) is 14.0 Å². The van der Waals surface area contributed by atoms with E-state index >= 15 is 0 Å². The smallest absolute Gasteiger partial charge is 0.305 e. The molecule has 1 saturated heterocycles. The van der Waals surface area contributed by atoms with Crippen LogP contribution in [0.3, 0.4) is 0 Å². The number of aryl methyl sites for hydroxylation is 1. The Morgan fingerprint density at radius 2 is 2.32 bits per heavy atom. The van der Waals surface area contributed by atoms with Crippen LogP contribution in [-0.4, -0.2) is 33.6 Å². The number of aliphatic carboxylic acids is 1. The van der Waals surface area contributed by atoms with Crippen molar-refractivity contribution in [3.05, 3.63) is 34.1 Å². The van der Waals surface area contributed by atoms with E-state index in [2.05, 4.69) is 15.5 Å². The minimum atomic E-state index is -1.08. The number of carboxylic acid groups (broad SMARTS) is 1. The van der Waals surface area contributed by atoms with E-state index in [1.165, 1.54) is 18.3 Å². The van der Waals surface area contributed by atoms with Gasteiger partial charge in [0.15, 0.2) is 5.17 Å². The normalized spacial score (nSPS) is 19.9. The van der Waals surface area contributed by atoms with Gasteiger partial charge >= 0.3 is 5.97 Å². The molecule has 1 aliphatic rings. The molecule has 1 heterocycles. The summed E-state index contributed by atoms with van der Waals surface area (Å²) in [6.45, 7) is 1.68. The van der Waals surface area contributed by atoms with Gasteiger partial charge < -0.3 is 10.4 Å². The predicted octanol–water partition coefficient (Wildman–Crippen LogP) is 2.18. The van der Waals surface area contributed by atoms with Crippen molar-refractivity contribution in [2.75, 3.05) is 0 Å². The molecule has 1 fully saturated rings. The van der Waals surface area contributed by atoms with Crippen LogP contribution in [0.2, 0.25) is 5.02 Å². The number of nitrogens with one attached hydrogen (secondary N) is 1. The molecule has 0 radical (unpaired) electrons. The van der Waals surface area contributed by atoms with E-state index in [1.807, 2.05) is 0 Å². The Morgan fingerprint density at radius 1 is 1.59 bits per heavy atom. The highest BCUT2D eigenvalue weighted by Gasteiger charge is 2.32. The molecule has 1 aromatic carbocycles. The molecule has 0 bridgehead atoms. The highest BCUT2D eigenvalue weighted by Crippen LogP contribution is 2.22. The van der Waals surface area contributed by atoms with Crippen LogP contribution in [0.1, 0.15) is 17.5 Å². The van der Waals surface area contributed by atoms with E-state index in [4.69, 9.17) is 16.7 Å². The molecule has 1 atom stereocenters. The number of rotatable bonds is 4. The zero-order valence-corrected chi connectivity index (χ0v) is 12.9. The molecule has 0 saturated carbocycles. The zero-order valence-electron chi connectivity index (χ0n) is 11.3. The summed E-state index contributed by atoms with van der Waals surface area (Å²) in [6, 6.07) is 2.70. The molecular formula is C13H11ClFN3O3S. The number of hydrogen-bond acceptors (Lipinski definition) is 5. The van der Waals surface area contributed by atoms with Gasteiger partial charge in [-0.2, -0.15) is 5.10 Å². The lowest BCUT2D eigenvalue weighted by Gasteiger charge is -2.00. The molecule has 2 N–H and O–H groups in total. The van der Waals surface area contributed by atoms with Crippen molar-refractivity contribution < 1.29 is 19.1 Å². The van der Waals surface area contributed by atoms with Gasteiger partial charge in [0.05, 0.1) is 12.6 Å². The van der Waals surface area contributed by atoms with Crippen LogP contribution < -0.4 is 5.32 Å². The number of carbonyl (C=O) groups excluding carboxylic acids is 1. The van der Waals surface area contributed by atoms with Crippen molar-refractivity contribution in [2.45, 2.75) is 18.6 Å². The third-order valence-electron chi connectivity index (χ3n) is 2.76. The second-order valence-electron chi connectivity index (χ2n) is 4.47. The summed E-state index contributed by atoms with van der Waals surface area (Å²) in [5.41, 5.74) is 0.772. The van der Waals surface area contributed by atoms with Crippen LogP contribution in [0.15, 0.2) is 22.3 Å². The number of amidine groups is 1. The van der Waals surface area contributed by atoms with Gasteiger partial charge in [-0.25, -0.2) is 4.39 Å². The van der Waals surface area contributed by atoms with Crippen LogP contribution in [0.5, 0.6) is 0 Å². The van der Waals surface area contributed by atoms with E-state index in [-0.39, 0.29) is 17.2 Å². The fourth-order valence-corrected chi connectivity index (χ4v) is 2.74.